The van der Waals surface area contributed by atoms with E-state index in [-0.39, 0.29) is 5.78 Å². The molecule has 0 aliphatic heterocycles. The zero-order valence-electron chi connectivity index (χ0n) is 9.17. The molecule has 1 unspecified atom stereocenters. The fourth-order valence-electron chi connectivity index (χ4n) is 1.44. The third-order valence-corrected chi connectivity index (χ3v) is 2.20. The summed E-state index contributed by atoms with van der Waals surface area (Å²) in [6, 6.07) is 0.331. The molecule has 0 amide bonds. The zero-order chi connectivity index (χ0) is 10.3. The van der Waals surface area contributed by atoms with Crippen molar-refractivity contribution in [2.24, 2.45) is 0 Å². The first-order valence-corrected chi connectivity index (χ1v) is 4.84. The highest BCUT2D eigenvalue weighted by molar-refractivity contribution is 5.76. The lowest BCUT2D eigenvalue weighted by Crippen LogP contribution is -2.36. The number of likely N-dealkylation sites (N-methyl/N-ethyl adjacent to an activating group) is 1. The predicted octanol–water partition coefficient (Wildman–Crippen LogP) is 1.32. The van der Waals surface area contributed by atoms with Gasteiger partial charge in [-0.3, -0.25) is 9.69 Å². The predicted molar refractivity (Wildman–Crippen MR) is 53.9 cm³/mol. The van der Waals surface area contributed by atoms with Crippen LogP contribution in [-0.4, -0.2) is 43.5 Å². The van der Waals surface area contributed by atoms with Crippen LogP contribution in [0.3, 0.4) is 0 Å². The molecule has 0 fully saturated rings. The number of methoxy groups -OCH3 is 1. The fourth-order valence-corrected chi connectivity index (χ4v) is 1.44. The Morgan fingerprint density at radius 1 is 1.54 bits per heavy atom. The molecule has 0 aromatic carbocycles. The van der Waals surface area contributed by atoms with E-state index in [9.17, 15) is 4.79 Å². The maximum absolute atomic E-state index is 10.9. The van der Waals surface area contributed by atoms with E-state index >= 15 is 0 Å². The summed E-state index contributed by atoms with van der Waals surface area (Å²) in [6.45, 7) is 8.43. The summed E-state index contributed by atoms with van der Waals surface area (Å²) in [5.74, 6) is 0.253. The second kappa shape index (κ2) is 7.04. The largest absolute Gasteiger partial charge is 0.383 e. The van der Waals surface area contributed by atoms with Gasteiger partial charge >= 0.3 is 0 Å². The van der Waals surface area contributed by atoms with Gasteiger partial charge in [-0.15, -0.1) is 0 Å². The molecule has 0 saturated carbocycles. The van der Waals surface area contributed by atoms with E-state index < -0.39 is 0 Å². The van der Waals surface area contributed by atoms with E-state index in [1.54, 1.807) is 14.0 Å². The third kappa shape index (κ3) is 5.77. The second-order valence-electron chi connectivity index (χ2n) is 3.38. The Balaban J connectivity index is 3.83. The van der Waals surface area contributed by atoms with Crippen molar-refractivity contribution in [2.75, 3.05) is 26.8 Å². The van der Waals surface area contributed by atoms with Gasteiger partial charge in [0, 0.05) is 26.1 Å². The summed E-state index contributed by atoms with van der Waals surface area (Å²) in [5, 5.41) is 0. The molecule has 0 heterocycles. The number of rotatable bonds is 7. The van der Waals surface area contributed by atoms with Crippen LogP contribution >= 0.6 is 0 Å². The van der Waals surface area contributed by atoms with Gasteiger partial charge in [0.2, 0.25) is 0 Å². The van der Waals surface area contributed by atoms with E-state index in [0.29, 0.717) is 12.5 Å². The zero-order valence-corrected chi connectivity index (χ0v) is 9.17. The molecule has 0 saturated heterocycles. The molecule has 0 radical (unpaired) electrons. The van der Waals surface area contributed by atoms with E-state index in [1.165, 1.54) is 0 Å². The molecule has 78 valence electrons. The molecular weight excluding hydrogens is 166 g/mol. The van der Waals surface area contributed by atoms with E-state index in [4.69, 9.17) is 4.74 Å². The maximum atomic E-state index is 10.9. The number of hydrogen-bond acceptors (Lipinski definition) is 3. The molecule has 0 spiro atoms. The summed E-state index contributed by atoms with van der Waals surface area (Å²) in [4.78, 5) is 13.1. The third-order valence-electron chi connectivity index (χ3n) is 2.20. The number of ether oxygens (including phenoxy) is 1. The highest BCUT2D eigenvalue weighted by atomic mass is 16.5. The summed E-state index contributed by atoms with van der Waals surface area (Å²) in [7, 11) is 1.70. The molecule has 0 rings (SSSR count). The number of carbonyl (C=O) groups is 1. The van der Waals surface area contributed by atoms with Crippen molar-refractivity contribution >= 4 is 5.78 Å². The maximum Gasteiger partial charge on any atom is 0.131 e. The van der Waals surface area contributed by atoms with Crippen LogP contribution in [0, 0.1) is 0 Å². The normalized spacial score (nSPS) is 13.3. The van der Waals surface area contributed by atoms with Crippen LogP contribution in [0.25, 0.3) is 0 Å². The molecule has 0 aromatic rings. The van der Waals surface area contributed by atoms with Gasteiger partial charge in [-0.25, -0.2) is 0 Å². The van der Waals surface area contributed by atoms with Gasteiger partial charge in [-0.2, -0.15) is 0 Å². The van der Waals surface area contributed by atoms with Crippen LogP contribution in [-0.2, 0) is 9.53 Å². The Morgan fingerprint density at radius 3 is 2.54 bits per heavy atom. The van der Waals surface area contributed by atoms with Gasteiger partial charge in [0.15, 0.2) is 0 Å². The first-order chi connectivity index (χ1) is 6.11. The van der Waals surface area contributed by atoms with Gasteiger partial charge in [-0.1, -0.05) is 6.92 Å². The van der Waals surface area contributed by atoms with Crippen LogP contribution in [0.4, 0.5) is 0 Å². The average Bonchev–Trinajstić information content (AvgIpc) is 2.04. The average molecular weight is 187 g/mol. The summed E-state index contributed by atoms with van der Waals surface area (Å²) < 4.78 is 5.00. The van der Waals surface area contributed by atoms with Gasteiger partial charge in [0.1, 0.15) is 5.78 Å². The van der Waals surface area contributed by atoms with Crippen molar-refractivity contribution in [1.29, 1.82) is 0 Å². The molecule has 3 nitrogen and oxygen atoms in total. The smallest absolute Gasteiger partial charge is 0.131 e. The lowest BCUT2D eigenvalue weighted by molar-refractivity contribution is -0.118. The topological polar surface area (TPSA) is 29.5 Å². The molecule has 0 N–H and O–H groups in total. The van der Waals surface area contributed by atoms with E-state index in [0.717, 1.165) is 19.7 Å². The van der Waals surface area contributed by atoms with Gasteiger partial charge in [0.25, 0.3) is 0 Å². The molecule has 0 aliphatic rings. The van der Waals surface area contributed by atoms with E-state index in [1.807, 2.05) is 0 Å². The molecule has 0 aliphatic carbocycles. The van der Waals surface area contributed by atoms with Crippen LogP contribution in [0.15, 0.2) is 0 Å². The van der Waals surface area contributed by atoms with Gasteiger partial charge in [0.05, 0.1) is 6.61 Å². The first-order valence-electron chi connectivity index (χ1n) is 4.84. The van der Waals surface area contributed by atoms with Crippen molar-refractivity contribution < 1.29 is 9.53 Å². The van der Waals surface area contributed by atoms with Crippen LogP contribution in [0.2, 0.25) is 0 Å². The van der Waals surface area contributed by atoms with E-state index in [2.05, 4.69) is 18.7 Å². The minimum atomic E-state index is 0.253. The van der Waals surface area contributed by atoms with Gasteiger partial charge in [-0.05, 0) is 20.4 Å². The Kier molecular flexibility index (Phi) is 6.82. The summed E-state index contributed by atoms with van der Waals surface area (Å²) >= 11 is 0. The summed E-state index contributed by atoms with van der Waals surface area (Å²) in [5.41, 5.74) is 0. The lowest BCUT2D eigenvalue weighted by atomic mass is 10.1. The SMILES string of the molecule is CCN(CCOC)C(C)CC(C)=O. The molecular formula is C10H21NO2. The summed E-state index contributed by atoms with van der Waals surface area (Å²) in [6.07, 6.45) is 0.636. The van der Waals surface area contributed by atoms with Crippen molar-refractivity contribution in [3.63, 3.8) is 0 Å². The standard InChI is InChI=1S/C10H21NO2/c1-5-11(6-7-13-4)9(2)8-10(3)12/h9H,5-8H2,1-4H3. The Labute approximate surface area is 81.1 Å². The number of carbonyl (C=O) groups excluding carboxylic acids is 1. The van der Waals surface area contributed by atoms with Crippen LogP contribution in [0.1, 0.15) is 27.2 Å². The minimum Gasteiger partial charge on any atom is -0.383 e. The van der Waals surface area contributed by atoms with Crippen LogP contribution < -0.4 is 0 Å². The Morgan fingerprint density at radius 2 is 2.15 bits per heavy atom. The highest BCUT2D eigenvalue weighted by Gasteiger charge is 2.12. The highest BCUT2D eigenvalue weighted by Crippen LogP contribution is 2.03. The van der Waals surface area contributed by atoms with Crippen molar-refractivity contribution in [3.05, 3.63) is 0 Å². The number of nitrogens with zero attached hydrogens (tertiary/aromatic N) is 1. The molecule has 0 aromatic heterocycles. The van der Waals surface area contributed by atoms with Crippen LogP contribution in [0.5, 0.6) is 0 Å². The number of ketones is 1. The second-order valence-corrected chi connectivity index (χ2v) is 3.38. The van der Waals surface area contributed by atoms with Crippen molar-refractivity contribution in [1.82, 2.24) is 4.90 Å². The van der Waals surface area contributed by atoms with Crippen molar-refractivity contribution in [3.8, 4) is 0 Å². The quantitative estimate of drug-likeness (QED) is 0.602. The molecule has 3 heteroatoms. The molecule has 1 atom stereocenters. The number of hydrogen-bond donors (Lipinski definition) is 0. The Bertz CT molecular complexity index is 148. The minimum absolute atomic E-state index is 0.253. The lowest BCUT2D eigenvalue weighted by Gasteiger charge is -2.26. The van der Waals surface area contributed by atoms with Crippen molar-refractivity contribution in [2.45, 2.75) is 33.2 Å². The monoisotopic (exact) mass is 187 g/mol. The molecule has 13 heavy (non-hydrogen) atoms. The van der Waals surface area contributed by atoms with Gasteiger partial charge < -0.3 is 4.74 Å². The number of Topliss-reactive ketones (excluding diaryl/α,β-unsaturated/α-hetero) is 1. The fraction of sp³-hybridized carbons (Fsp3) is 0.900. The molecule has 0 bridgehead atoms. The Hall–Kier alpha value is -0.410. The first kappa shape index (κ1) is 12.6.